The molecule has 0 unspecified atom stereocenters. The molecule has 1 fully saturated rings. The SMILES string of the molecule is CC1CCN(c2cnc(C(=O)NCc3ccncc3)cn2)CC1. The van der Waals surface area contributed by atoms with Crippen LogP contribution in [-0.4, -0.2) is 33.9 Å². The number of nitrogens with zero attached hydrogens (tertiary/aromatic N) is 4. The minimum atomic E-state index is -0.215. The standard InChI is InChI=1S/C17H21N5O/c1-13-4-8-22(9-5-13)16-12-19-15(11-20-16)17(23)21-10-14-2-6-18-7-3-14/h2-3,6-7,11-13H,4-5,8-10H2,1H3,(H,21,23). The van der Waals surface area contributed by atoms with E-state index in [1.54, 1.807) is 24.8 Å². The minimum absolute atomic E-state index is 0.215. The van der Waals surface area contributed by atoms with Crippen LogP contribution in [0.2, 0.25) is 0 Å². The summed E-state index contributed by atoms with van der Waals surface area (Å²) in [6, 6.07) is 3.73. The molecule has 0 radical (unpaired) electrons. The van der Waals surface area contributed by atoms with E-state index in [2.05, 4.69) is 32.1 Å². The predicted molar refractivity (Wildman–Crippen MR) is 88.1 cm³/mol. The average Bonchev–Trinajstić information content (AvgIpc) is 2.61. The van der Waals surface area contributed by atoms with E-state index in [0.29, 0.717) is 12.2 Å². The maximum atomic E-state index is 12.1. The largest absolute Gasteiger partial charge is 0.355 e. The number of rotatable bonds is 4. The number of amides is 1. The second-order valence-electron chi connectivity index (χ2n) is 5.97. The first-order chi connectivity index (χ1) is 11.2. The minimum Gasteiger partial charge on any atom is -0.355 e. The third-order valence-corrected chi connectivity index (χ3v) is 4.18. The first kappa shape index (κ1) is 15.4. The highest BCUT2D eigenvalue weighted by atomic mass is 16.1. The van der Waals surface area contributed by atoms with Gasteiger partial charge in [-0.25, -0.2) is 9.97 Å². The lowest BCUT2D eigenvalue weighted by atomic mass is 9.99. The van der Waals surface area contributed by atoms with Gasteiger partial charge in [-0.05, 0) is 36.5 Å². The molecule has 0 aliphatic carbocycles. The molecule has 0 atom stereocenters. The number of hydrogen-bond donors (Lipinski definition) is 1. The molecule has 1 aliphatic heterocycles. The van der Waals surface area contributed by atoms with Crippen LogP contribution in [0.3, 0.4) is 0 Å². The van der Waals surface area contributed by atoms with Gasteiger partial charge in [0, 0.05) is 32.0 Å². The Morgan fingerprint density at radius 1 is 1.22 bits per heavy atom. The van der Waals surface area contributed by atoms with Crippen molar-refractivity contribution >= 4 is 11.7 Å². The number of anilines is 1. The molecule has 0 bridgehead atoms. The maximum absolute atomic E-state index is 12.1. The van der Waals surface area contributed by atoms with E-state index in [-0.39, 0.29) is 5.91 Å². The van der Waals surface area contributed by atoms with Crippen molar-refractivity contribution in [3.8, 4) is 0 Å². The fraction of sp³-hybridized carbons (Fsp3) is 0.412. The van der Waals surface area contributed by atoms with Crippen molar-refractivity contribution in [1.82, 2.24) is 20.3 Å². The van der Waals surface area contributed by atoms with Crippen LogP contribution in [0.4, 0.5) is 5.82 Å². The lowest BCUT2D eigenvalue weighted by molar-refractivity contribution is 0.0945. The summed E-state index contributed by atoms with van der Waals surface area (Å²) < 4.78 is 0. The van der Waals surface area contributed by atoms with E-state index in [9.17, 15) is 4.79 Å². The van der Waals surface area contributed by atoms with Crippen molar-refractivity contribution in [2.45, 2.75) is 26.3 Å². The second kappa shape index (κ2) is 7.17. The molecule has 2 aromatic heterocycles. The van der Waals surface area contributed by atoms with Crippen LogP contribution in [0.1, 0.15) is 35.8 Å². The summed E-state index contributed by atoms with van der Waals surface area (Å²) >= 11 is 0. The first-order valence-corrected chi connectivity index (χ1v) is 7.96. The molecule has 3 rings (SSSR count). The van der Waals surface area contributed by atoms with E-state index >= 15 is 0 Å². The van der Waals surface area contributed by atoms with Crippen LogP contribution in [0.25, 0.3) is 0 Å². The number of aromatic nitrogens is 3. The molecule has 0 spiro atoms. The molecule has 1 amide bonds. The Labute approximate surface area is 136 Å². The summed E-state index contributed by atoms with van der Waals surface area (Å²) in [6.07, 6.45) is 9.00. The van der Waals surface area contributed by atoms with Crippen LogP contribution in [-0.2, 0) is 6.54 Å². The highest BCUT2D eigenvalue weighted by molar-refractivity contribution is 5.91. The van der Waals surface area contributed by atoms with Crippen molar-refractivity contribution < 1.29 is 4.79 Å². The van der Waals surface area contributed by atoms with Gasteiger partial charge in [0.05, 0.1) is 12.4 Å². The number of carbonyl (C=O) groups excluding carboxylic acids is 1. The molecule has 6 heteroatoms. The zero-order valence-electron chi connectivity index (χ0n) is 13.3. The molecule has 120 valence electrons. The van der Waals surface area contributed by atoms with E-state index in [0.717, 1.165) is 30.4 Å². The fourth-order valence-corrected chi connectivity index (χ4v) is 2.61. The maximum Gasteiger partial charge on any atom is 0.271 e. The smallest absolute Gasteiger partial charge is 0.271 e. The number of carbonyl (C=O) groups is 1. The number of hydrogen-bond acceptors (Lipinski definition) is 5. The lowest BCUT2D eigenvalue weighted by Gasteiger charge is -2.30. The third kappa shape index (κ3) is 4.03. The van der Waals surface area contributed by atoms with Gasteiger partial charge in [-0.15, -0.1) is 0 Å². The third-order valence-electron chi connectivity index (χ3n) is 4.18. The molecule has 1 saturated heterocycles. The van der Waals surface area contributed by atoms with Crippen LogP contribution in [0.15, 0.2) is 36.9 Å². The monoisotopic (exact) mass is 311 g/mol. The predicted octanol–water partition coefficient (Wildman–Crippen LogP) is 2.04. The summed E-state index contributed by atoms with van der Waals surface area (Å²) in [5.41, 5.74) is 1.34. The van der Waals surface area contributed by atoms with Gasteiger partial charge in [-0.1, -0.05) is 6.92 Å². The van der Waals surface area contributed by atoms with Crippen LogP contribution < -0.4 is 10.2 Å². The lowest BCUT2D eigenvalue weighted by Crippen LogP contribution is -2.33. The number of pyridine rings is 1. The van der Waals surface area contributed by atoms with Gasteiger partial charge < -0.3 is 10.2 Å². The molecular weight excluding hydrogens is 290 g/mol. The fourth-order valence-electron chi connectivity index (χ4n) is 2.61. The van der Waals surface area contributed by atoms with Crippen molar-refractivity contribution in [2.24, 2.45) is 5.92 Å². The molecule has 0 aromatic carbocycles. The molecule has 3 heterocycles. The van der Waals surface area contributed by atoms with E-state index in [1.807, 2.05) is 12.1 Å². The van der Waals surface area contributed by atoms with Crippen LogP contribution in [0.5, 0.6) is 0 Å². The van der Waals surface area contributed by atoms with Crippen LogP contribution in [0, 0.1) is 5.92 Å². The highest BCUT2D eigenvalue weighted by Crippen LogP contribution is 2.20. The first-order valence-electron chi connectivity index (χ1n) is 7.96. The Hall–Kier alpha value is -2.50. The van der Waals surface area contributed by atoms with Gasteiger partial charge in [-0.2, -0.15) is 0 Å². The number of nitrogens with one attached hydrogen (secondary N) is 1. The second-order valence-corrected chi connectivity index (χ2v) is 5.97. The van der Waals surface area contributed by atoms with Gasteiger partial charge >= 0.3 is 0 Å². The quantitative estimate of drug-likeness (QED) is 0.935. The molecule has 23 heavy (non-hydrogen) atoms. The Balaban J connectivity index is 1.57. The Bertz CT molecular complexity index is 636. The zero-order chi connectivity index (χ0) is 16.1. The van der Waals surface area contributed by atoms with Gasteiger partial charge in [0.2, 0.25) is 0 Å². The normalized spacial score (nSPS) is 15.4. The van der Waals surface area contributed by atoms with Gasteiger partial charge in [0.1, 0.15) is 11.5 Å². The molecule has 2 aromatic rings. The molecular formula is C17H21N5O. The summed E-state index contributed by atoms with van der Waals surface area (Å²) in [6.45, 7) is 4.74. The molecule has 0 saturated carbocycles. The summed E-state index contributed by atoms with van der Waals surface area (Å²) in [4.78, 5) is 26.9. The van der Waals surface area contributed by atoms with Crippen molar-refractivity contribution in [3.05, 3.63) is 48.2 Å². The van der Waals surface area contributed by atoms with E-state index in [4.69, 9.17) is 0 Å². The van der Waals surface area contributed by atoms with Crippen LogP contribution >= 0.6 is 0 Å². The Morgan fingerprint density at radius 3 is 2.61 bits per heavy atom. The molecule has 1 N–H and O–H groups in total. The van der Waals surface area contributed by atoms with Crippen molar-refractivity contribution in [1.29, 1.82) is 0 Å². The summed E-state index contributed by atoms with van der Waals surface area (Å²) in [5, 5.41) is 2.84. The average molecular weight is 311 g/mol. The van der Waals surface area contributed by atoms with E-state index < -0.39 is 0 Å². The van der Waals surface area contributed by atoms with Gasteiger partial charge in [0.15, 0.2) is 0 Å². The Kier molecular flexibility index (Phi) is 4.80. The van der Waals surface area contributed by atoms with Gasteiger partial charge in [-0.3, -0.25) is 9.78 Å². The topological polar surface area (TPSA) is 71.0 Å². The number of piperidine rings is 1. The van der Waals surface area contributed by atoms with Crippen molar-refractivity contribution in [3.63, 3.8) is 0 Å². The van der Waals surface area contributed by atoms with E-state index in [1.165, 1.54) is 12.8 Å². The van der Waals surface area contributed by atoms with Crippen molar-refractivity contribution in [2.75, 3.05) is 18.0 Å². The zero-order valence-corrected chi connectivity index (χ0v) is 13.3. The molecule has 1 aliphatic rings. The van der Waals surface area contributed by atoms with Gasteiger partial charge in [0.25, 0.3) is 5.91 Å². The Morgan fingerprint density at radius 2 is 1.96 bits per heavy atom. The highest BCUT2D eigenvalue weighted by Gasteiger charge is 2.17. The molecule has 6 nitrogen and oxygen atoms in total. The summed E-state index contributed by atoms with van der Waals surface area (Å²) in [7, 11) is 0. The summed E-state index contributed by atoms with van der Waals surface area (Å²) in [5.74, 6) is 1.41.